The first-order valence-electron chi connectivity index (χ1n) is 8.63. The Labute approximate surface area is 128 Å². The highest BCUT2D eigenvalue weighted by molar-refractivity contribution is 6.00. The van der Waals surface area contributed by atoms with Gasteiger partial charge in [-0.15, -0.1) is 0 Å². The van der Waals surface area contributed by atoms with Crippen molar-refractivity contribution in [2.45, 2.75) is 57.8 Å². The van der Waals surface area contributed by atoms with Crippen molar-refractivity contribution in [1.29, 1.82) is 0 Å². The van der Waals surface area contributed by atoms with Crippen molar-refractivity contribution in [2.75, 3.05) is 0 Å². The van der Waals surface area contributed by atoms with Gasteiger partial charge in [-0.1, -0.05) is 68.9 Å². The monoisotopic (exact) mass is 282 g/mol. The number of ketones is 1. The molecule has 1 nitrogen and oxygen atoms in total. The minimum absolute atomic E-state index is 0.428. The molecule has 2 fully saturated rings. The topological polar surface area (TPSA) is 17.1 Å². The molecule has 2 aliphatic rings. The Hall–Kier alpha value is -1.37. The van der Waals surface area contributed by atoms with Crippen LogP contribution in [0.2, 0.25) is 0 Å². The van der Waals surface area contributed by atoms with Gasteiger partial charge < -0.3 is 0 Å². The molecule has 0 saturated heterocycles. The lowest BCUT2D eigenvalue weighted by Gasteiger charge is -2.16. The van der Waals surface area contributed by atoms with E-state index in [9.17, 15) is 4.79 Å². The highest BCUT2D eigenvalue weighted by atomic mass is 16.1. The summed E-state index contributed by atoms with van der Waals surface area (Å²) in [4.78, 5) is 12.8. The van der Waals surface area contributed by atoms with Gasteiger partial charge in [-0.2, -0.15) is 0 Å². The molecule has 0 heterocycles. The van der Waals surface area contributed by atoms with Crippen LogP contribution in [0.4, 0.5) is 0 Å². The zero-order chi connectivity index (χ0) is 14.5. The highest BCUT2D eigenvalue weighted by Crippen LogP contribution is 2.35. The normalized spacial score (nSPS) is 21.0. The minimum Gasteiger partial charge on any atom is -0.295 e. The maximum absolute atomic E-state index is 12.8. The minimum atomic E-state index is 0.428. The Morgan fingerprint density at radius 3 is 2.24 bits per heavy atom. The lowest BCUT2D eigenvalue weighted by atomic mass is 9.87. The van der Waals surface area contributed by atoms with Crippen molar-refractivity contribution >= 4 is 11.9 Å². The number of hydrogen-bond acceptors (Lipinski definition) is 1. The van der Waals surface area contributed by atoms with Crippen molar-refractivity contribution in [1.82, 2.24) is 0 Å². The maximum Gasteiger partial charge on any atom is 0.159 e. The molecule has 112 valence electrons. The SMILES string of the molecule is O=C(CC1CCCC1)/C(=C/c1ccccc1)C1CCCC1. The summed E-state index contributed by atoms with van der Waals surface area (Å²) in [5.41, 5.74) is 2.30. The Kier molecular flexibility index (Phi) is 4.90. The molecule has 0 spiro atoms. The summed E-state index contributed by atoms with van der Waals surface area (Å²) in [7, 11) is 0. The van der Waals surface area contributed by atoms with Gasteiger partial charge in [0.2, 0.25) is 0 Å². The number of rotatable bonds is 5. The Morgan fingerprint density at radius 2 is 1.57 bits per heavy atom. The molecule has 0 N–H and O–H groups in total. The quantitative estimate of drug-likeness (QED) is 0.660. The van der Waals surface area contributed by atoms with Gasteiger partial charge in [-0.3, -0.25) is 4.79 Å². The molecule has 1 aromatic rings. The molecule has 1 aromatic carbocycles. The average molecular weight is 282 g/mol. The van der Waals surface area contributed by atoms with E-state index in [0.29, 0.717) is 17.6 Å². The van der Waals surface area contributed by atoms with Gasteiger partial charge in [-0.05, 0) is 41.9 Å². The molecule has 2 aliphatic carbocycles. The zero-order valence-corrected chi connectivity index (χ0v) is 12.9. The van der Waals surface area contributed by atoms with Crippen molar-refractivity contribution in [3.05, 3.63) is 41.5 Å². The van der Waals surface area contributed by atoms with E-state index in [0.717, 1.165) is 12.0 Å². The predicted octanol–water partition coefficient (Wildman–Crippen LogP) is 5.41. The molecular weight excluding hydrogens is 256 g/mol. The molecule has 3 rings (SSSR count). The summed E-state index contributed by atoms with van der Waals surface area (Å²) in [6.07, 6.45) is 13.1. The fraction of sp³-hybridized carbons (Fsp3) is 0.550. The summed E-state index contributed by atoms with van der Waals surface area (Å²) in [6, 6.07) is 10.4. The summed E-state index contributed by atoms with van der Waals surface area (Å²) < 4.78 is 0. The number of carbonyl (C=O) groups is 1. The Balaban J connectivity index is 1.78. The molecular formula is C20H26O. The Morgan fingerprint density at radius 1 is 0.952 bits per heavy atom. The second-order valence-corrected chi connectivity index (χ2v) is 6.77. The summed E-state index contributed by atoms with van der Waals surface area (Å²) >= 11 is 0. The molecule has 0 atom stereocenters. The van der Waals surface area contributed by atoms with E-state index in [1.165, 1.54) is 56.9 Å². The van der Waals surface area contributed by atoms with E-state index in [-0.39, 0.29) is 0 Å². The first-order chi connectivity index (χ1) is 10.3. The largest absolute Gasteiger partial charge is 0.295 e. The van der Waals surface area contributed by atoms with Crippen LogP contribution < -0.4 is 0 Å². The van der Waals surface area contributed by atoms with E-state index >= 15 is 0 Å². The average Bonchev–Trinajstić information content (AvgIpc) is 3.19. The summed E-state index contributed by atoms with van der Waals surface area (Å²) in [5, 5.41) is 0. The number of benzene rings is 1. The third-order valence-corrected chi connectivity index (χ3v) is 5.19. The van der Waals surface area contributed by atoms with Crippen molar-refractivity contribution < 1.29 is 4.79 Å². The van der Waals surface area contributed by atoms with Gasteiger partial charge >= 0.3 is 0 Å². The van der Waals surface area contributed by atoms with Crippen LogP contribution in [-0.4, -0.2) is 5.78 Å². The number of allylic oxidation sites excluding steroid dienone is 1. The number of hydrogen-bond donors (Lipinski definition) is 0. The summed E-state index contributed by atoms with van der Waals surface area (Å²) in [6.45, 7) is 0. The van der Waals surface area contributed by atoms with Gasteiger partial charge in [0, 0.05) is 6.42 Å². The highest BCUT2D eigenvalue weighted by Gasteiger charge is 2.27. The van der Waals surface area contributed by atoms with Gasteiger partial charge in [0.25, 0.3) is 0 Å². The lowest BCUT2D eigenvalue weighted by molar-refractivity contribution is -0.116. The fourth-order valence-electron chi connectivity index (χ4n) is 3.99. The molecule has 0 aromatic heterocycles. The molecule has 1 heteroatoms. The van der Waals surface area contributed by atoms with Gasteiger partial charge in [-0.25, -0.2) is 0 Å². The third-order valence-electron chi connectivity index (χ3n) is 5.19. The van der Waals surface area contributed by atoms with Gasteiger partial charge in [0.05, 0.1) is 0 Å². The molecule has 0 amide bonds. The Bertz CT molecular complexity index is 488. The standard InChI is InChI=1S/C20H26O/c21-20(15-17-10-4-5-11-17)19(18-12-6-7-13-18)14-16-8-2-1-3-9-16/h1-3,8-9,14,17-18H,4-7,10-13,15H2/b19-14+. The van der Waals surface area contributed by atoms with E-state index in [4.69, 9.17) is 0 Å². The summed E-state index contributed by atoms with van der Waals surface area (Å²) in [5.74, 6) is 1.59. The molecule has 0 unspecified atom stereocenters. The van der Waals surface area contributed by atoms with Crippen LogP contribution in [0.1, 0.15) is 63.4 Å². The molecule has 0 radical (unpaired) electrons. The second-order valence-electron chi connectivity index (χ2n) is 6.77. The third kappa shape index (κ3) is 3.84. The van der Waals surface area contributed by atoms with Crippen LogP contribution in [0.15, 0.2) is 35.9 Å². The van der Waals surface area contributed by atoms with Crippen LogP contribution in [0.25, 0.3) is 6.08 Å². The molecule has 0 bridgehead atoms. The van der Waals surface area contributed by atoms with Crippen LogP contribution in [-0.2, 0) is 4.79 Å². The van der Waals surface area contributed by atoms with Crippen molar-refractivity contribution in [3.8, 4) is 0 Å². The van der Waals surface area contributed by atoms with Crippen LogP contribution in [0.5, 0.6) is 0 Å². The van der Waals surface area contributed by atoms with Crippen molar-refractivity contribution in [3.63, 3.8) is 0 Å². The first kappa shape index (κ1) is 14.6. The van der Waals surface area contributed by atoms with Gasteiger partial charge in [0.1, 0.15) is 0 Å². The van der Waals surface area contributed by atoms with Crippen molar-refractivity contribution in [2.24, 2.45) is 11.8 Å². The number of carbonyl (C=O) groups excluding carboxylic acids is 1. The smallest absolute Gasteiger partial charge is 0.159 e. The zero-order valence-electron chi connectivity index (χ0n) is 12.9. The van der Waals surface area contributed by atoms with E-state index in [2.05, 4.69) is 30.3 Å². The van der Waals surface area contributed by atoms with Crippen LogP contribution in [0.3, 0.4) is 0 Å². The van der Waals surface area contributed by atoms with Crippen LogP contribution in [0, 0.1) is 11.8 Å². The fourth-order valence-corrected chi connectivity index (χ4v) is 3.99. The predicted molar refractivity (Wildman–Crippen MR) is 88.0 cm³/mol. The second kappa shape index (κ2) is 7.06. The lowest BCUT2D eigenvalue weighted by Crippen LogP contribution is -2.14. The van der Waals surface area contributed by atoms with Crippen LogP contribution >= 0.6 is 0 Å². The van der Waals surface area contributed by atoms with E-state index in [1.54, 1.807) is 0 Å². The maximum atomic E-state index is 12.8. The first-order valence-corrected chi connectivity index (χ1v) is 8.63. The molecule has 21 heavy (non-hydrogen) atoms. The van der Waals surface area contributed by atoms with E-state index in [1.807, 2.05) is 6.07 Å². The number of Topliss-reactive ketones (excluding diaryl/α,β-unsaturated/α-hetero) is 1. The van der Waals surface area contributed by atoms with E-state index < -0.39 is 0 Å². The molecule has 0 aliphatic heterocycles. The molecule has 2 saturated carbocycles. The van der Waals surface area contributed by atoms with Gasteiger partial charge in [0.15, 0.2) is 5.78 Å².